The van der Waals surface area contributed by atoms with Crippen LogP contribution in [0.2, 0.25) is 0 Å². The number of para-hydroxylation sites is 5. The summed E-state index contributed by atoms with van der Waals surface area (Å²) in [6.07, 6.45) is 0. The first kappa shape index (κ1) is 36.2. The van der Waals surface area contributed by atoms with Crippen LogP contribution in [0.4, 0.5) is 0 Å². The van der Waals surface area contributed by atoms with Gasteiger partial charge < -0.3 is 18.3 Å². The topological polar surface area (TPSA) is 67.3 Å². The van der Waals surface area contributed by atoms with E-state index in [9.17, 15) is 10.5 Å². The largest absolute Gasteiger partial charge is 0.309 e. The van der Waals surface area contributed by atoms with Crippen molar-refractivity contribution >= 4 is 98.0 Å². The van der Waals surface area contributed by atoms with E-state index in [4.69, 9.17) is 0 Å². The van der Waals surface area contributed by atoms with Crippen molar-refractivity contribution in [3.63, 3.8) is 0 Å². The lowest BCUT2D eigenvalue weighted by molar-refractivity contribution is 1.12. The average molecular weight is 839 g/mol. The van der Waals surface area contributed by atoms with Crippen LogP contribution >= 0.6 is 0 Å². The van der Waals surface area contributed by atoms with E-state index in [-0.39, 0.29) is 0 Å². The van der Waals surface area contributed by atoms with Crippen LogP contribution in [0, 0.1) is 22.7 Å². The van der Waals surface area contributed by atoms with Gasteiger partial charge in [0.2, 0.25) is 0 Å². The van der Waals surface area contributed by atoms with Gasteiger partial charge in [-0.05, 0) is 95.7 Å². The second kappa shape index (κ2) is 13.6. The quantitative estimate of drug-likeness (QED) is 0.177. The maximum absolute atomic E-state index is 11.3. The van der Waals surface area contributed by atoms with Gasteiger partial charge in [-0.1, -0.05) is 121 Å². The monoisotopic (exact) mass is 838 g/mol. The molecule has 0 aliphatic heterocycles. The summed E-state index contributed by atoms with van der Waals surface area (Å²) in [4.78, 5) is 0. The van der Waals surface area contributed by atoms with E-state index < -0.39 is 0 Å². The number of fused-ring (bicyclic) bond motifs is 15. The Morgan fingerprint density at radius 3 is 1.30 bits per heavy atom. The van der Waals surface area contributed by atoms with Crippen LogP contribution in [0.15, 0.2) is 206 Å². The molecule has 0 saturated heterocycles. The molecule has 6 nitrogen and oxygen atoms in total. The second-order valence-electron chi connectivity index (χ2n) is 17.1. The maximum atomic E-state index is 11.3. The molecular formula is C60H34N6. The van der Waals surface area contributed by atoms with Gasteiger partial charge in [0.15, 0.2) is 0 Å². The molecule has 304 valence electrons. The zero-order valence-corrected chi connectivity index (χ0v) is 35.3. The summed E-state index contributed by atoms with van der Waals surface area (Å²) in [7, 11) is 0. The molecule has 4 aromatic heterocycles. The van der Waals surface area contributed by atoms with Crippen molar-refractivity contribution in [2.45, 2.75) is 0 Å². The van der Waals surface area contributed by atoms with E-state index >= 15 is 0 Å². The van der Waals surface area contributed by atoms with E-state index in [1.54, 1.807) is 0 Å². The molecule has 6 heteroatoms. The van der Waals surface area contributed by atoms with Crippen molar-refractivity contribution in [3.8, 4) is 34.9 Å². The number of rotatable bonds is 4. The molecule has 0 amide bonds. The lowest BCUT2D eigenvalue weighted by Gasteiger charge is -2.16. The summed E-state index contributed by atoms with van der Waals surface area (Å²) in [6, 6.07) is 77.5. The van der Waals surface area contributed by atoms with Gasteiger partial charge in [-0.15, -0.1) is 0 Å². The maximum Gasteiger partial charge on any atom is 0.101 e. The highest BCUT2D eigenvalue weighted by Crippen LogP contribution is 2.45. The fourth-order valence-corrected chi connectivity index (χ4v) is 11.1. The Labute approximate surface area is 377 Å². The number of hydrogen-bond donors (Lipinski definition) is 0. The zero-order valence-electron chi connectivity index (χ0n) is 35.3. The molecule has 0 fully saturated rings. The van der Waals surface area contributed by atoms with E-state index in [1.807, 2.05) is 18.2 Å². The van der Waals surface area contributed by atoms with E-state index in [0.29, 0.717) is 22.5 Å². The molecule has 0 spiro atoms. The van der Waals surface area contributed by atoms with Crippen molar-refractivity contribution in [2.24, 2.45) is 0 Å². The van der Waals surface area contributed by atoms with Crippen LogP contribution < -0.4 is 0 Å². The standard InChI is InChI=1S/C60H34N6/c61-35-38-33-57(39(36-62)32-56(38)65-51-25-13-8-20-45(51)58-42-17-5-4-14-37(42)26-28-53(58)65)66-52-29-27-41(64-48-22-10-6-18-43(48)44-19-7-11-23-49(44)64)34-47(52)60-55(66)31-30-54-59(60)46-21-9-12-24-50(46)63(54)40-15-2-1-3-16-40/h1-34H. The van der Waals surface area contributed by atoms with Crippen LogP contribution in [0.1, 0.15) is 11.1 Å². The van der Waals surface area contributed by atoms with Gasteiger partial charge in [-0.3, -0.25) is 0 Å². The molecule has 14 rings (SSSR count). The third-order valence-electron chi connectivity index (χ3n) is 13.8. The second-order valence-corrected chi connectivity index (χ2v) is 17.1. The average Bonchev–Trinajstić information content (AvgIpc) is 4.11. The Hall–Kier alpha value is -9.36. The van der Waals surface area contributed by atoms with Crippen molar-refractivity contribution in [1.29, 1.82) is 10.5 Å². The molecule has 14 aromatic rings. The SMILES string of the molecule is N#Cc1cc(-n2c3ccc(-n4c5ccccc5c5ccccc54)cc3c3c4c5ccccc5n(-c5ccccc5)c4ccc32)c(C#N)cc1-n1c2ccccc2c2c3ccccc3ccc21. The number of benzene rings is 10. The summed E-state index contributed by atoms with van der Waals surface area (Å²) in [5.74, 6) is 0. The molecule has 0 N–H and O–H groups in total. The predicted molar refractivity (Wildman–Crippen MR) is 271 cm³/mol. The minimum atomic E-state index is 0.466. The highest BCUT2D eigenvalue weighted by molar-refractivity contribution is 6.29. The first-order valence-electron chi connectivity index (χ1n) is 22.1. The lowest BCUT2D eigenvalue weighted by Crippen LogP contribution is -2.04. The first-order chi connectivity index (χ1) is 32.7. The Bertz CT molecular complexity index is 4430. The Morgan fingerprint density at radius 2 is 0.682 bits per heavy atom. The zero-order chi connectivity index (χ0) is 43.6. The van der Waals surface area contributed by atoms with E-state index in [1.165, 1.54) is 10.8 Å². The van der Waals surface area contributed by atoms with Gasteiger partial charge >= 0.3 is 0 Å². The highest BCUT2D eigenvalue weighted by Gasteiger charge is 2.25. The number of nitrogens with zero attached hydrogens (tertiary/aromatic N) is 6. The normalized spacial score (nSPS) is 11.9. The summed E-state index contributed by atoms with van der Waals surface area (Å²) < 4.78 is 9.07. The lowest BCUT2D eigenvalue weighted by atomic mass is 10.0. The van der Waals surface area contributed by atoms with Gasteiger partial charge in [-0.2, -0.15) is 10.5 Å². The van der Waals surface area contributed by atoms with Crippen molar-refractivity contribution < 1.29 is 0 Å². The highest BCUT2D eigenvalue weighted by atomic mass is 15.0. The van der Waals surface area contributed by atoms with Gasteiger partial charge in [-0.25, -0.2) is 0 Å². The van der Waals surface area contributed by atoms with Crippen LogP contribution in [0.25, 0.3) is 121 Å². The third kappa shape index (κ3) is 4.82. The smallest absolute Gasteiger partial charge is 0.101 e. The van der Waals surface area contributed by atoms with Crippen LogP contribution in [0.5, 0.6) is 0 Å². The molecule has 0 bridgehead atoms. The molecular weight excluding hydrogens is 805 g/mol. The Balaban J connectivity index is 1.11. The molecule has 0 saturated carbocycles. The summed E-state index contributed by atoms with van der Waals surface area (Å²) in [5.41, 5.74) is 12.7. The summed E-state index contributed by atoms with van der Waals surface area (Å²) >= 11 is 0. The molecule has 4 heterocycles. The molecule has 0 radical (unpaired) electrons. The summed E-state index contributed by atoms with van der Waals surface area (Å²) in [5, 5.41) is 33.7. The molecule has 0 atom stereocenters. The van der Waals surface area contributed by atoms with E-state index in [0.717, 1.165) is 98.6 Å². The van der Waals surface area contributed by atoms with Gasteiger partial charge in [0.25, 0.3) is 0 Å². The minimum Gasteiger partial charge on any atom is -0.309 e. The molecule has 0 unspecified atom stereocenters. The Kier molecular flexibility index (Phi) is 7.43. The fourth-order valence-electron chi connectivity index (χ4n) is 11.1. The van der Waals surface area contributed by atoms with Crippen LogP contribution in [-0.2, 0) is 0 Å². The van der Waals surface area contributed by atoms with Gasteiger partial charge in [0.05, 0.1) is 66.6 Å². The first-order valence-corrected chi connectivity index (χ1v) is 22.1. The van der Waals surface area contributed by atoms with Gasteiger partial charge in [0, 0.05) is 54.5 Å². The Morgan fingerprint density at radius 1 is 0.273 bits per heavy atom. The third-order valence-corrected chi connectivity index (χ3v) is 13.8. The van der Waals surface area contributed by atoms with Crippen molar-refractivity contribution in [3.05, 3.63) is 217 Å². The minimum absolute atomic E-state index is 0.466. The molecule has 0 aliphatic rings. The molecule has 10 aromatic carbocycles. The van der Waals surface area contributed by atoms with Crippen molar-refractivity contribution in [1.82, 2.24) is 18.3 Å². The number of hydrogen-bond acceptors (Lipinski definition) is 2. The number of aromatic nitrogens is 4. The van der Waals surface area contributed by atoms with Gasteiger partial charge in [0.1, 0.15) is 12.1 Å². The van der Waals surface area contributed by atoms with Crippen LogP contribution in [0.3, 0.4) is 0 Å². The molecule has 0 aliphatic carbocycles. The fraction of sp³-hybridized carbons (Fsp3) is 0. The predicted octanol–water partition coefficient (Wildman–Crippen LogP) is 15.0. The van der Waals surface area contributed by atoms with E-state index in [2.05, 4.69) is 218 Å². The molecule has 66 heavy (non-hydrogen) atoms. The van der Waals surface area contributed by atoms with Crippen molar-refractivity contribution in [2.75, 3.05) is 0 Å². The summed E-state index contributed by atoms with van der Waals surface area (Å²) in [6.45, 7) is 0. The van der Waals surface area contributed by atoms with Crippen LogP contribution in [-0.4, -0.2) is 18.3 Å². The number of nitriles is 2.